The van der Waals surface area contributed by atoms with Gasteiger partial charge in [-0.05, 0) is 24.7 Å². The number of piperidine rings is 1. The predicted octanol–water partition coefficient (Wildman–Crippen LogP) is 3.05. The Balaban J connectivity index is 2.42. The molecule has 1 unspecified atom stereocenters. The third kappa shape index (κ3) is 3.47. The minimum atomic E-state index is -0.00400. The average molecular weight is 276 g/mol. The van der Waals surface area contributed by atoms with Crippen LogP contribution in [0.25, 0.3) is 0 Å². The molecule has 1 fully saturated rings. The highest BCUT2D eigenvalue weighted by molar-refractivity contribution is 9.10. The summed E-state index contributed by atoms with van der Waals surface area (Å²) in [5.41, 5.74) is 0. The van der Waals surface area contributed by atoms with E-state index < -0.39 is 0 Å². The first kappa shape index (κ1) is 13.0. The smallest absolute Gasteiger partial charge is 0.236 e. The normalized spacial score (nSPS) is 20.7. The molecular weight excluding hydrogens is 254 g/mol. The summed E-state index contributed by atoms with van der Waals surface area (Å²) in [5.74, 6) is 1.49. The maximum atomic E-state index is 12.0. The molecule has 0 radical (unpaired) electrons. The molecule has 1 saturated heterocycles. The molecule has 3 heteroatoms. The third-order valence-electron chi connectivity index (χ3n) is 3.32. The number of hydrogen-bond donors (Lipinski definition) is 0. The summed E-state index contributed by atoms with van der Waals surface area (Å²) < 4.78 is 0. The van der Waals surface area contributed by atoms with E-state index in [0.717, 1.165) is 19.0 Å². The molecule has 0 N–H and O–H groups in total. The molecule has 0 saturated carbocycles. The molecule has 88 valence electrons. The number of hydrogen-bond acceptors (Lipinski definition) is 1. The zero-order valence-corrected chi connectivity index (χ0v) is 11.6. The third-order valence-corrected chi connectivity index (χ3v) is 4.77. The van der Waals surface area contributed by atoms with E-state index in [1.807, 2.05) is 4.90 Å². The lowest BCUT2D eigenvalue weighted by Crippen LogP contribution is -2.43. The van der Waals surface area contributed by atoms with Crippen molar-refractivity contribution in [2.45, 2.75) is 44.9 Å². The fourth-order valence-electron chi connectivity index (χ4n) is 2.02. The fraction of sp³-hybridized carbons (Fsp3) is 0.917. The van der Waals surface area contributed by atoms with Crippen molar-refractivity contribution in [3.05, 3.63) is 0 Å². The molecule has 0 aromatic heterocycles. The molecule has 1 amide bonds. The standard InChI is InChI=1S/C12H22BrNO/c1-4-10-5-7-14(8-6-10)12(15)11(13)9(2)3/h9-11H,4-8H2,1-3H3. The molecule has 0 aliphatic carbocycles. The minimum Gasteiger partial charge on any atom is -0.342 e. The average Bonchev–Trinajstić information content (AvgIpc) is 2.27. The second-order valence-electron chi connectivity index (χ2n) is 4.82. The van der Waals surface area contributed by atoms with Crippen molar-refractivity contribution in [1.29, 1.82) is 0 Å². The van der Waals surface area contributed by atoms with Crippen LogP contribution in [0.4, 0.5) is 0 Å². The lowest BCUT2D eigenvalue weighted by atomic mass is 9.94. The Bertz CT molecular complexity index is 210. The van der Waals surface area contributed by atoms with Gasteiger partial charge in [0.15, 0.2) is 0 Å². The minimum absolute atomic E-state index is 0.00400. The predicted molar refractivity (Wildman–Crippen MR) is 67.1 cm³/mol. The SMILES string of the molecule is CCC1CCN(C(=O)C(Br)C(C)C)CC1. The largest absolute Gasteiger partial charge is 0.342 e. The number of rotatable bonds is 3. The Hall–Kier alpha value is -0.0500. The topological polar surface area (TPSA) is 20.3 Å². The summed E-state index contributed by atoms with van der Waals surface area (Å²) in [6.07, 6.45) is 3.62. The maximum Gasteiger partial charge on any atom is 0.236 e. The van der Waals surface area contributed by atoms with E-state index in [1.165, 1.54) is 19.3 Å². The molecular formula is C12H22BrNO. The van der Waals surface area contributed by atoms with Crippen molar-refractivity contribution in [2.24, 2.45) is 11.8 Å². The molecule has 1 aliphatic rings. The first-order valence-electron chi connectivity index (χ1n) is 5.99. The van der Waals surface area contributed by atoms with Crippen molar-refractivity contribution in [3.63, 3.8) is 0 Å². The van der Waals surface area contributed by atoms with Crippen molar-refractivity contribution < 1.29 is 4.79 Å². The number of likely N-dealkylation sites (tertiary alicyclic amines) is 1. The van der Waals surface area contributed by atoms with E-state index in [1.54, 1.807) is 0 Å². The molecule has 15 heavy (non-hydrogen) atoms. The Kier molecular flexibility index (Phi) is 5.10. The number of amides is 1. The highest BCUT2D eigenvalue weighted by atomic mass is 79.9. The van der Waals surface area contributed by atoms with Crippen molar-refractivity contribution >= 4 is 21.8 Å². The number of nitrogens with zero attached hydrogens (tertiary/aromatic N) is 1. The van der Waals surface area contributed by atoms with Crippen LogP contribution in [0.5, 0.6) is 0 Å². The maximum absolute atomic E-state index is 12.0. The van der Waals surface area contributed by atoms with Crippen LogP contribution in [0.15, 0.2) is 0 Å². The van der Waals surface area contributed by atoms with E-state index >= 15 is 0 Å². The molecule has 0 bridgehead atoms. The molecule has 1 aliphatic heterocycles. The van der Waals surface area contributed by atoms with Crippen molar-refractivity contribution in [2.75, 3.05) is 13.1 Å². The van der Waals surface area contributed by atoms with E-state index in [0.29, 0.717) is 5.92 Å². The Labute approximate surface area is 102 Å². The molecule has 1 rings (SSSR count). The van der Waals surface area contributed by atoms with Crippen LogP contribution in [0.3, 0.4) is 0 Å². The summed E-state index contributed by atoms with van der Waals surface area (Å²) in [5, 5.41) is 0. The Morgan fingerprint density at radius 2 is 1.93 bits per heavy atom. The van der Waals surface area contributed by atoms with Gasteiger partial charge >= 0.3 is 0 Å². The summed E-state index contributed by atoms with van der Waals surface area (Å²) in [7, 11) is 0. The molecule has 0 spiro atoms. The second-order valence-corrected chi connectivity index (χ2v) is 5.81. The van der Waals surface area contributed by atoms with Gasteiger partial charge in [-0.25, -0.2) is 0 Å². The van der Waals surface area contributed by atoms with Gasteiger partial charge in [0.1, 0.15) is 0 Å². The van der Waals surface area contributed by atoms with Gasteiger partial charge in [-0.2, -0.15) is 0 Å². The van der Waals surface area contributed by atoms with E-state index in [2.05, 4.69) is 36.7 Å². The monoisotopic (exact) mass is 275 g/mol. The highest BCUT2D eigenvalue weighted by Crippen LogP contribution is 2.23. The van der Waals surface area contributed by atoms with Gasteiger partial charge in [0.25, 0.3) is 0 Å². The summed E-state index contributed by atoms with van der Waals surface area (Å²) in [6, 6.07) is 0. The zero-order chi connectivity index (χ0) is 11.4. The first-order valence-corrected chi connectivity index (χ1v) is 6.90. The van der Waals surface area contributed by atoms with Crippen molar-refractivity contribution in [3.8, 4) is 0 Å². The quantitative estimate of drug-likeness (QED) is 0.725. The van der Waals surface area contributed by atoms with Crippen molar-refractivity contribution in [1.82, 2.24) is 4.90 Å². The van der Waals surface area contributed by atoms with E-state index in [4.69, 9.17) is 0 Å². The van der Waals surface area contributed by atoms with Gasteiger partial charge in [-0.3, -0.25) is 4.79 Å². The summed E-state index contributed by atoms with van der Waals surface area (Å²) in [4.78, 5) is 14.0. The van der Waals surface area contributed by atoms with Crippen LogP contribution in [-0.4, -0.2) is 28.7 Å². The van der Waals surface area contributed by atoms with Crippen LogP contribution in [-0.2, 0) is 4.79 Å². The number of carbonyl (C=O) groups excluding carboxylic acids is 1. The van der Waals surface area contributed by atoms with Gasteiger partial charge < -0.3 is 4.90 Å². The van der Waals surface area contributed by atoms with Gasteiger partial charge in [0.05, 0.1) is 4.83 Å². The lowest BCUT2D eigenvalue weighted by molar-refractivity contribution is -0.132. The Morgan fingerprint density at radius 1 is 1.40 bits per heavy atom. The van der Waals surface area contributed by atoms with E-state index in [9.17, 15) is 4.79 Å². The molecule has 2 nitrogen and oxygen atoms in total. The van der Waals surface area contributed by atoms with Crippen LogP contribution < -0.4 is 0 Å². The molecule has 0 aromatic rings. The zero-order valence-electron chi connectivity index (χ0n) is 10.0. The number of halogens is 1. The van der Waals surface area contributed by atoms with Gasteiger partial charge in [0, 0.05) is 13.1 Å². The Morgan fingerprint density at radius 3 is 2.33 bits per heavy atom. The van der Waals surface area contributed by atoms with Gasteiger partial charge in [0.2, 0.25) is 5.91 Å². The summed E-state index contributed by atoms with van der Waals surface area (Å²) >= 11 is 3.48. The second kappa shape index (κ2) is 5.88. The highest BCUT2D eigenvalue weighted by Gasteiger charge is 2.27. The fourth-order valence-corrected chi connectivity index (χ4v) is 2.31. The van der Waals surface area contributed by atoms with Crippen LogP contribution in [0, 0.1) is 11.8 Å². The summed E-state index contributed by atoms with van der Waals surface area (Å²) in [6.45, 7) is 8.30. The van der Waals surface area contributed by atoms with Crippen LogP contribution in [0.1, 0.15) is 40.0 Å². The molecule has 1 atom stereocenters. The lowest BCUT2D eigenvalue weighted by Gasteiger charge is -2.33. The first-order chi connectivity index (χ1) is 7.06. The molecule has 1 heterocycles. The molecule has 0 aromatic carbocycles. The van der Waals surface area contributed by atoms with Crippen LogP contribution >= 0.6 is 15.9 Å². The van der Waals surface area contributed by atoms with Crippen LogP contribution in [0.2, 0.25) is 0 Å². The number of alkyl halides is 1. The van der Waals surface area contributed by atoms with Gasteiger partial charge in [-0.1, -0.05) is 43.1 Å². The van der Waals surface area contributed by atoms with E-state index in [-0.39, 0.29) is 10.7 Å². The van der Waals surface area contributed by atoms with Gasteiger partial charge in [-0.15, -0.1) is 0 Å². The number of carbonyl (C=O) groups is 1.